The Morgan fingerprint density at radius 1 is 1.18 bits per heavy atom. The lowest BCUT2D eigenvalue weighted by molar-refractivity contribution is 0.475. The Balaban J connectivity index is 3.54. The van der Waals surface area contributed by atoms with E-state index in [0.717, 1.165) is 0 Å². The summed E-state index contributed by atoms with van der Waals surface area (Å²) < 4.78 is 0. The van der Waals surface area contributed by atoms with Crippen LogP contribution in [0.4, 0.5) is 0 Å². The second-order valence-electron chi connectivity index (χ2n) is 4.31. The van der Waals surface area contributed by atoms with E-state index in [-0.39, 0.29) is 0 Å². The van der Waals surface area contributed by atoms with Gasteiger partial charge in [-0.15, -0.1) is 0 Å². The lowest BCUT2D eigenvalue weighted by Crippen LogP contribution is -2.07. The molecule has 0 aromatic carbocycles. The summed E-state index contributed by atoms with van der Waals surface area (Å²) in [5.74, 6) is 0. The monoisotopic (exact) mass is 154 g/mol. The zero-order valence-corrected chi connectivity index (χ0v) is 8.54. The highest BCUT2D eigenvalue weighted by Gasteiger charge is 2.13. The van der Waals surface area contributed by atoms with Crippen molar-refractivity contribution in [1.82, 2.24) is 0 Å². The van der Waals surface area contributed by atoms with Crippen LogP contribution in [0, 0.1) is 5.41 Å². The van der Waals surface area contributed by atoms with Gasteiger partial charge in [-0.25, -0.2) is 0 Å². The average molecular weight is 154 g/mol. The molecule has 0 rings (SSSR count). The molecule has 0 aromatic heterocycles. The van der Waals surface area contributed by atoms with E-state index in [4.69, 9.17) is 0 Å². The Hall–Kier alpha value is -0.260. The molecule has 0 nitrogen and oxygen atoms in total. The molecule has 0 N–H and O–H groups in total. The summed E-state index contributed by atoms with van der Waals surface area (Å²) in [6.07, 6.45) is 5.16. The van der Waals surface area contributed by atoms with Gasteiger partial charge in [0.25, 0.3) is 0 Å². The van der Waals surface area contributed by atoms with Gasteiger partial charge in [-0.05, 0) is 18.3 Å². The minimum Gasteiger partial charge on any atom is -0.0993 e. The van der Waals surface area contributed by atoms with Gasteiger partial charge in [0.15, 0.2) is 0 Å². The molecule has 11 heavy (non-hydrogen) atoms. The molecule has 0 spiro atoms. The predicted octanol–water partition coefficient (Wildman–Crippen LogP) is 4.17. The van der Waals surface area contributed by atoms with Gasteiger partial charge in [0.05, 0.1) is 0 Å². The fourth-order valence-electron chi connectivity index (χ4n) is 0.963. The van der Waals surface area contributed by atoms with Crippen molar-refractivity contribution in [3.05, 3.63) is 12.2 Å². The Morgan fingerprint density at radius 3 is 2.09 bits per heavy atom. The molecule has 0 saturated carbocycles. The molecule has 0 saturated heterocycles. The van der Waals surface area contributed by atoms with E-state index in [0.29, 0.717) is 5.41 Å². The van der Waals surface area contributed by atoms with Crippen molar-refractivity contribution in [2.24, 2.45) is 5.41 Å². The van der Waals surface area contributed by atoms with E-state index in [9.17, 15) is 0 Å². The van der Waals surface area contributed by atoms with Gasteiger partial charge in [-0.3, -0.25) is 0 Å². The van der Waals surface area contributed by atoms with Gasteiger partial charge in [0.1, 0.15) is 0 Å². The minimum atomic E-state index is 0.313. The third-order valence-electron chi connectivity index (χ3n) is 2.14. The van der Waals surface area contributed by atoms with Crippen LogP contribution >= 0.6 is 0 Å². The number of hydrogen-bond acceptors (Lipinski definition) is 0. The first-order chi connectivity index (χ1) is 4.98. The van der Waals surface area contributed by atoms with Gasteiger partial charge in [0.2, 0.25) is 0 Å². The standard InChI is InChI=1S/C11H22/c1-6-7-8-9-10(2)11(3,4)5/h2,6-9H2,1,3-5H3. The third-order valence-corrected chi connectivity index (χ3v) is 2.14. The zero-order chi connectivity index (χ0) is 8.91. The van der Waals surface area contributed by atoms with Crippen molar-refractivity contribution < 1.29 is 0 Å². The van der Waals surface area contributed by atoms with Crippen molar-refractivity contribution in [3.63, 3.8) is 0 Å². The predicted molar refractivity (Wildman–Crippen MR) is 52.7 cm³/mol. The van der Waals surface area contributed by atoms with E-state index < -0.39 is 0 Å². The maximum absolute atomic E-state index is 4.10. The Kier molecular flexibility index (Phi) is 4.48. The number of allylic oxidation sites excluding steroid dienone is 1. The van der Waals surface area contributed by atoms with Gasteiger partial charge >= 0.3 is 0 Å². The number of unbranched alkanes of at least 4 members (excludes halogenated alkanes) is 2. The second kappa shape index (κ2) is 4.58. The molecule has 0 aliphatic rings. The molecule has 0 aliphatic carbocycles. The summed E-state index contributed by atoms with van der Waals surface area (Å²) >= 11 is 0. The molecule has 0 bridgehead atoms. The third kappa shape index (κ3) is 5.06. The van der Waals surface area contributed by atoms with Crippen LogP contribution in [0.3, 0.4) is 0 Å². The van der Waals surface area contributed by atoms with Crippen LogP contribution in [-0.2, 0) is 0 Å². The van der Waals surface area contributed by atoms with E-state index in [1.807, 2.05) is 0 Å². The van der Waals surface area contributed by atoms with Gasteiger partial charge < -0.3 is 0 Å². The summed E-state index contributed by atoms with van der Waals surface area (Å²) in [4.78, 5) is 0. The molecule has 0 aliphatic heterocycles. The average Bonchev–Trinajstić information content (AvgIpc) is 1.86. The molecule has 0 heteroatoms. The fraction of sp³-hybridized carbons (Fsp3) is 0.818. The fourth-order valence-corrected chi connectivity index (χ4v) is 0.963. The molecule has 0 aromatic rings. The lowest BCUT2D eigenvalue weighted by Gasteiger charge is -2.21. The van der Waals surface area contributed by atoms with Gasteiger partial charge in [0, 0.05) is 0 Å². The highest BCUT2D eigenvalue weighted by atomic mass is 14.2. The van der Waals surface area contributed by atoms with Gasteiger partial charge in [-0.1, -0.05) is 52.7 Å². The van der Waals surface area contributed by atoms with Crippen LogP contribution in [0.1, 0.15) is 53.4 Å². The molecule has 66 valence electrons. The highest BCUT2D eigenvalue weighted by molar-refractivity contribution is 5.04. The topological polar surface area (TPSA) is 0 Å². The van der Waals surface area contributed by atoms with Gasteiger partial charge in [-0.2, -0.15) is 0 Å². The van der Waals surface area contributed by atoms with Crippen LogP contribution in [0.25, 0.3) is 0 Å². The first kappa shape index (κ1) is 10.7. The van der Waals surface area contributed by atoms with E-state index in [1.165, 1.54) is 31.3 Å². The van der Waals surface area contributed by atoms with E-state index in [1.54, 1.807) is 0 Å². The SMILES string of the molecule is C=C(CCCCC)C(C)(C)C. The van der Waals surface area contributed by atoms with E-state index in [2.05, 4.69) is 34.3 Å². The van der Waals surface area contributed by atoms with Crippen LogP contribution < -0.4 is 0 Å². The van der Waals surface area contributed by atoms with Crippen molar-refractivity contribution in [2.75, 3.05) is 0 Å². The van der Waals surface area contributed by atoms with Crippen molar-refractivity contribution in [2.45, 2.75) is 53.4 Å². The Morgan fingerprint density at radius 2 is 1.73 bits per heavy atom. The largest absolute Gasteiger partial charge is 0.0993 e. The number of rotatable bonds is 4. The normalized spacial score (nSPS) is 11.6. The maximum atomic E-state index is 4.10. The molecular formula is C11H22. The first-order valence-corrected chi connectivity index (χ1v) is 4.66. The Labute approximate surface area is 71.7 Å². The summed E-state index contributed by atoms with van der Waals surface area (Å²) in [7, 11) is 0. The van der Waals surface area contributed by atoms with Crippen LogP contribution in [-0.4, -0.2) is 0 Å². The first-order valence-electron chi connectivity index (χ1n) is 4.66. The molecule has 0 unspecified atom stereocenters. The molecular weight excluding hydrogens is 132 g/mol. The minimum absolute atomic E-state index is 0.313. The summed E-state index contributed by atoms with van der Waals surface area (Å²) in [6, 6.07) is 0. The molecule has 0 heterocycles. The molecule has 0 fully saturated rings. The van der Waals surface area contributed by atoms with Crippen LogP contribution in [0.15, 0.2) is 12.2 Å². The smallest absolute Gasteiger partial charge is 0.0176 e. The summed E-state index contributed by atoms with van der Waals surface area (Å²) in [5, 5.41) is 0. The lowest BCUT2D eigenvalue weighted by atomic mass is 9.85. The van der Waals surface area contributed by atoms with E-state index >= 15 is 0 Å². The summed E-state index contributed by atoms with van der Waals surface area (Å²) in [6.45, 7) is 13.0. The quantitative estimate of drug-likeness (QED) is 0.421. The second-order valence-corrected chi connectivity index (χ2v) is 4.31. The molecule has 0 atom stereocenters. The zero-order valence-electron chi connectivity index (χ0n) is 8.54. The van der Waals surface area contributed by atoms with Crippen molar-refractivity contribution in [1.29, 1.82) is 0 Å². The Bertz CT molecular complexity index is 114. The van der Waals surface area contributed by atoms with Crippen LogP contribution in [0.2, 0.25) is 0 Å². The highest BCUT2D eigenvalue weighted by Crippen LogP contribution is 2.27. The van der Waals surface area contributed by atoms with Crippen molar-refractivity contribution >= 4 is 0 Å². The maximum Gasteiger partial charge on any atom is -0.0176 e. The molecule has 0 amide bonds. The number of hydrogen-bond donors (Lipinski definition) is 0. The summed E-state index contributed by atoms with van der Waals surface area (Å²) in [5.41, 5.74) is 1.71. The van der Waals surface area contributed by atoms with Crippen LogP contribution in [0.5, 0.6) is 0 Å². The molecule has 0 radical (unpaired) electrons. The van der Waals surface area contributed by atoms with Crippen molar-refractivity contribution in [3.8, 4) is 0 Å².